The lowest BCUT2D eigenvalue weighted by atomic mass is 9.86. The largest absolute Gasteiger partial charge is 0.369 e. The van der Waals surface area contributed by atoms with Gasteiger partial charge in [0, 0.05) is 32.2 Å². The van der Waals surface area contributed by atoms with E-state index >= 15 is 0 Å². The molecule has 96 valence electrons. The minimum atomic E-state index is 0.568. The zero-order valence-electron chi connectivity index (χ0n) is 11.0. The van der Waals surface area contributed by atoms with Crippen LogP contribution in [0, 0.1) is 0 Å². The lowest BCUT2D eigenvalue weighted by Gasteiger charge is -2.42. The first-order valence-corrected chi connectivity index (χ1v) is 6.96. The van der Waals surface area contributed by atoms with Gasteiger partial charge in [0.15, 0.2) is 0 Å². The predicted molar refractivity (Wildman–Crippen MR) is 70.5 cm³/mol. The van der Waals surface area contributed by atoms with Gasteiger partial charge >= 0.3 is 0 Å². The van der Waals surface area contributed by atoms with E-state index in [1.54, 1.807) is 0 Å². The molecular weight excluding hydrogens is 212 g/mol. The number of likely N-dealkylation sites (N-methyl/N-ethyl adjacent to an activating group) is 1. The highest BCUT2D eigenvalue weighted by Crippen LogP contribution is 2.28. The van der Waals surface area contributed by atoms with Gasteiger partial charge in [-0.3, -0.25) is 9.89 Å². The van der Waals surface area contributed by atoms with E-state index in [2.05, 4.69) is 34.1 Å². The Morgan fingerprint density at radius 1 is 1.18 bits per heavy atom. The van der Waals surface area contributed by atoms with E-state index in [0.717, 1.165) is 11.9 Å². The maximum Gasteiger partial charge on any atom is 0.0938 e. The van der Waals surface area contributed by atoms with Gasteiger partial charge in [-0.05, 0) is 33.2 Å². The molecule has 1 N–H and O–H groups in total. The van der Waals surface area contributed by atoms with Gasteiger partial charge in [-0.1, -0.05) is 0 Å². The molecule has 0 amide bonds. The van der Waals surface area contributed by atoms with Crippen molar-refractivity contribution in [2.75, 3.05) is 33.2 Å². The summed E-state index contributed by atoms with van der Waals surface area (Å²) in [5.74, 6) is 1.15. The average Bonchev–Trinajstić information content (AvgIpc) is 2.69. The molecule has 1 aliphatic carbocycles. The van der Waals surface area contributed by atoms with Crippen molar-refractivity contribution in [2.24, 2.45) is 4.99 Å². The molecule has 3 atom stereocenters. The fourth-order valence-electron chi connectivity index (χ4n) is 3.52. The second-order valence-corrected chi connectivity index (χ2v) is 5.84. The summed E-state index contributed by atoms with van der Waals surface area (Å²) in [4.78, 5) is 9.81. The van der Waals surface area contributed by atoms with E-state index < -0.39 is 0 Å². The number of amidine groups is 1. The van der Waals surface area contributed by atoms with Crippen molar-refractivity contribution in [3.63, 3.8) is 0 Å². The first-order valence-electron chi connectivity index (χ1n) is 6.96. The molecule has 0 aromatic rings. The summed E-state index contributed by atoms with van der Waals surface area (Å²) in [6.07, 6.45) is 3.89. The van der Waals surface area contributed by atoms with E-state index in [4.69, 9.17) is 0 Å². The molecule has 2 fully saturated rings. The Morgan fingerprint density at radius 3 is 2.71 bits per heavy atom. The first kappa shape index (κ1) is 11.5. The predicted octanol–water partition coefficient (Wildman–Crippen LogP) is 0.545. The van der Waals surface area contributed by atoms with Gasteiger partial charge in [-0.25, -0.2) is 0 Å². The number of hydrogen-bond acceptors (Lipinski definition) is 4. The Morgan fingerprint density at radius 2 is 1.94 bits per heavy atom. The maximum absolute atomic E-state index is 4.68. The van der Waals surface area contributed by atoms with Crippen molar-refractivity contribution in [3.05, 3.63) is 0 Å². The van der Waals surface area contributed by atoms with Crippen LogP contribution in [0.4, 0.5) is 0 Å². The molecule has 2 aliphatic heterocycles. The van der Waals surface area contributed by atoms with Crippen LogP contribution in [-0.2, 0) is 0 Å². The van der Waals surface area contributed by atoms with Gasteiger partial charge in [0.05, 0.1) is 17.9 Å². The Labute approximate surface area is 104 Å². The summed E-state index contributed by atoms with van der Waals surface area (Å²) in [5.41, 5.74) is 0. The van der Waals surface area contributed by atoms with Crippen LogP contribution in [0.5, 0.6) is 0 Å². The monoisotopic (exact) mass is 236 g/mol. The number of nitrogens with one attached hydrogen (secondary N) is 1. The summed E-state index contributed by atoms with van der Waals surface area (Å²) in [6, 6.07) is 1.98. The van der Waals surface area contributed by atoms with E-state index in [0.29, 0.717) is 12.1 Å². The highest BCUT2D eigenvalue weighted by atomic mass is 15.3. The molecule has 1 saturated carbocycles. The minimum Gasteiger partial charge on any atom is -0.369 e. The maximum atomic E-state index is 4.68. The number of hydrogen-bond donors (Lipinski definition) is 1. The third-order valence-corrected chi connectivity index (χ3v) is 4.59. The van der Waals surface area contributed by atoms with Gasteiger partial charge in [0.1, 0.15) is 0 Å². The summed E-state index contributed by atoms with van der Waals surface area (Å²) < 4.78 is 0. The van der Waals surface area contributed by atoms with Crippen molar-refractivity contribution in [1.29, 1.82) is 0 Å². The Hall–Kier alpha value is -0.610. The molecule has 1 saturated heterocycles. The first-order chi connectivity index (χ1) is 8.22. The number of rotatable bonds is 1. The number of piperazine rings is 1. The van der Waals surface area contributed by atoms with Crippen molar-refractivity contribution in [1.82, 2.24) is 15.1 Å². The smallest absolute Gasteiger partial charge is 0.0938 e. The SMILES string of the molecule is CC1=NC2CCC(N3CCN(C)CC3)CC2N1. The molecule has 17 heavy (non-hydrogen) atoms. The molecule has 2 heterocycles. The minimum absolute atomic E-state index is 0.568. The highest BCUT2D eigenvalue weighted by Gasteiger charge is 2.36. The second kappa shape index (κ2) is 4.58. The molecule has 0 aromatic heterocycles. The van der Waals surface area contributed by atoms with Crippen molar-refractivity contribution >= 4 is 5.84 Å². The molecule has 0 bridgehead atoms. The van der Waals surface area contributed by atoms with Crippen LogP contribution >= 0.6 is 0 Å². The zero-order chi connectivity index (χ0) is 11.8. The average molecular weight is 236 g/mol. The Kier molecular flexibility index (Phi) is 3.09. The van der Waals surface area contributed by atoms with Gasteiger partial charge in [-0.15, -0.1) is 0 Å². The third kappa shape index (κ3) is 2.33. The van der Waals surface area contributed by atoms with Crippen LogP contribution in [0.15, 0.2) is 4.99 Å². The Bertz CT molecular complexity index is 307. The molecule has 3 aliphatic rings. The van der Waals surface area contributed by atoms with Crippen LogP contribution in [0.3, 0.4) is 0 Å². The highest BCUT2D eigenvalue weighted by molar-refractivity contribution is 5.82. The zero-order valence-corrected chi connectivity index (χ0v) is 11.0. The van der Waals surface area contributed by atoms with E-state index in [-0.39, 0.29) is 0 Å². The summed E-state index contributed by atoms with van der Waals surface area (Å²) in [6.45, 7) is 7.06. The molecule has 0 spiro atoms. The summed E-state index contributed by atoms with van der Waals surface area (Å²) >= 11 is 0. The van der Waals surface area contributed by atoms with Crippen molar-refractivity contribution in [2.45, 2.75) is 44.3 Å². The van der Waals surface area contributed by atoms with E-state index in [1.807, 2.05) is 0 Å². The van der Waals surface area contributed by atoms with Crippen LogP contribution in [0.25, 0.3) is 0 Å². The fourth-order valence-corrected chi connectivity index (χ4v) is 3.52. The van der Waals surface area contributed by atoms with E-state index in [9.17, 15) is 0 Å². The lowest BCUT2D eigenvalue weighted by Crippen LogP contribution is -2.53. The summed E-state index contributed by atoms with van der Waals surface area (Å²) in [7, 11) is 2.23. The lowest BCUT2D eigenvalue weighted by molar-refractivity contribution is 0.0828. The number of nitrogens with zero attached hydrogens (tertiary/aromatic N) is 3. The second-order valence-electron chi connectivity index (χ2n) is 5.84. The van der Waals surface area contributed by atoms with Crippen LogP contribution < -0.4 is 5.32 Å². The Balaban J connectivity index is 1.57. The molecule has 3 rings (SSSR count). The quantitative estimate of drug-likeness (QED) is 0.721. The van der Waals surface area contributed by atoms with Crippen LogP contribution in [-0.4, -0.2) is 67.0 Å². The molecule has 4 nitrogen and oxygen atoms in total. The standard InChI is InChI=1S/C13H24N4/c1-10-14-12-4-3-11(9-13(12)15-10)17-7-5-16(2)6-8-17/h11-13H,3-9H2,1-2H3,(H,14,15). The molecular formula is C13H24N4. The van der Waals surface area contributed by atoms with Gasteiger partial charge in [-0.2, -0.15) is 0 Å². The van der Waals surface area contributed by atoms with Crippen molar-refractivity contribution in [3.8, 4) is 0 Å². The molecule has 0 aromatic carbocycles. The summed E-state index contributed by atoms with van der Waals surface area (Å²) in [5, 5.41) is 3.55. The number of fused-ring (bicyclic) bond motifs is 1. The van der Waals surface area contributed by atoms with Crippen LogP contribution in [0.2, 0.25) is 0 Å². The topological polar surface area (TPSA) is 30.9 Å². The number of aliphatic imine (C=N–C) groups is 1. The van der Waals surface area contributed by atoms with Gasteiger partial charge in [0.25, 0.3) is 0 Å². The van der Waals surface area contributed by atoms with Crippen molar-refractivity contribution < 1.29 is 0 Å². The molecule has 0 radical (unpaired) electrons. The molecule has 3 unspecified atom stereocenters. The molecule has 4 heteroatoms. The van der Waals surface area contributed by atoms with Gasteiger partial charge in [0.2, 0.25) is 0 Å². The van der Waals surface area contributed by atoms with Gasteiger partial charge < -0.3 is 10.2 Å². The normalized spacial score (nSPS) is 39.6. The van der Waals surface area contributed by atoms with Crippen LogP contribution in [0.1, 0.15) is 26.2 Å². The van der Waals surface area contributed by atoms with E-state index in [1.165, 1.54) is 45.4 Å². The third-order valence-electron chi connectivity index (χ3n) is 4.59. The fraction of sp³-hybridized carbons (Fsp3) is 0.923.